The smallest absolute Gasteiger partial charge is 0.204 e. The van der Waals surface area contributed by atoms with Crippen molar-refractivity contribution >= 4 is 17.2 Å². The average Bonchev–Trinajstić information content (AvgIpc) is 2.58. The van der Waals surface area contributed by atoms with Gasteiger partial charge in [-0.05, 0) is 24.6 Å². The van der Waals surface area contributed by atoms with Gasteiger partial charge in [0.25, 0.3) is 0 Å². The van der Waals surface area contributed by atoms with Crippen LogP contribution in [0.15, 0.2) is 30.3 Å². The minimum Gasteiger partial charge on any atom is -0.691 e. The molecule has 0 amide bonds. The molecule has 1 heterocycles. The number of rotatable bonds is 3. The van der Waals surface area contributed by atoms with Crippen molar-refractivity contribution < 1.29 is 4.85 Å². The molecule has 0 unspecified atom stereocenters. The maximum Gasteiger partial charge on any atom is 0.204 e. The number of benzene rings is 1. The summed E-state index contributed by atoms with van der Waals surface area (Å²) in [4.78, 5) is 0.644. The van der Waals surface area contributed by atoms with Crippen LogP contribution in [0.2, 0.25) is 0 Å². The number of allylic oxidation sites excluding steroid dienone is 1. The summed E-state index contributed by atoms with van der Waals surface area (Å²) >= 11 is 0. The Morgan fingerprint density at radius 2 is 2.27 bits per heavy atom. The molecule has 1 aromatic heterocycles. The van der Waals surface area contributed by atoms with Crippen LogP contribution in [0.25, 0.3) is 17.2 Å². The number of hydrogen-bond acceptors (Lipinski definition) is 2. The van der Waals surface area contributed by atoms with Crippen molar-refractivity contribution in [3.63, 3.8) is 0 Å². The Bertz CT molecular complexity index is 488. The fourth-order valence-electron chi connectivity index (χ4n) is 1.45. The van der Waals surface area contributed by atoms with Crippen molar-refractivity contribution in [2.24, 2.45) is 0 Å². The average molecular weight is 203 g/mol. The van der Waals surface area contributed by atoms with Gasteiger partial charge in [-0.15, -0.1) is 9.53 Å². The summed E-state index contributed by atoms with van der Waals surface area (Å²) in [6.07, 6.45) is 5.93. The normalized spacial score (nSPS) is 11.5. The lowest BCUT2D eigenvalue weighted by atomic mass is 10.3. The first kappa shape index (κ1) is 9.71. The summed E-state index contributed by atoms with van der Waals surface area (Å²) in [6.45, 7) is 2.11. The standard InChI is InChI=1S/C11H13N3O/c1-2-3-6-9-13-10-7-4-5-8-11(10)14(15)12-13/h4-9H,2-3H2,1H3/b9-6+. The van der Waals surface area contributed by atoms with Crippen molar-refractivity contribution in [1.29, 1.82) is 0 Å². The third-order valence-corrected chi connectivity index (χ3v) is 2.21. The van der Waals surface area contributed by atoms with E-state index >= 15 is 0 Å². The Morgan fingerprint density at radius 3 is 3.07 bits per heavy atom. The third kappa shape index (κ3) is 1.83. The number of aromatic nitrogens is 3. The summed E-state index contributed by atoms with van der Waals surface area (Å²) in [5, 5.41) is 15.2. The van der Waals surface area contributed by atoms with Crippen LogP contribution in [0, 0.1) is 5.21 Å². The van der Waals surface area contributed by atoms with E-state index in [1.807, 2.05) is 30.5 Å². The molecule has 0 saturated heterocycles. The van der Waals surface area contributed by atoms with Gasteiger partial charge in [-0.3, -0.25) is 0 Å². The maximum absolute atomic E-state index is 11.4. The molecule has 0 fully saturated rings. The molecule has 2 rings (SSSR count). The van der Waals surface area contributed by atoms with E-state index in [0.717, 1.165) is 18.4 Å². The van der Waals surface area contributed by atoms with Gasteiger partial charge >= 0.3 is 0 Å². The van der Waals surface area contributed by atoms with Crippen LogP contribution >= 0.6 is 0 Å². The molecule has 0 radical (unpaired) electrons. The van der Waals surface area contributed by atoms with Crippen molar-refractivity contribution in [1.82, 2.24) is 9.90 Å². The summed E-state index contributed by atoms with van der Waals surface area (Å²) in [7, 11) is 0. The Balaban J connectivity index is 2.43. The molecule has 0 spiro atoms. The summed E-state index contributed by atoms with van der Waals surface area (Å²) in [6, 6.07) is 7.37. The lowest BCUT2D eigenvalue weighted by molar-refractivity contribution is -0.645. The fourth-order valence-corrected chi connectivity index (χ4v) is 1.45. The number of nitrogens with zero attached hydrogens (tertiary/aromatic N) is 3. The Morgan fingerprint density at radius 1 is 1.47 bits per heavy atom. The molecule has 4 nitrogen and oxygen atoms in total. The van der Waals surface area contributed by atoms with Gasteiger partial charge in [0.2, 0.25) is 11.0 Å². The largest absolute Gasteiger partial charge is 0.691 e. The van der Waals surface area contributed by atoms with Gasteiger partial charge in [0.15, 0.2) is 0 Å². The molecule has 4 heteroatoms. The van der Waals surface area contributed by atoms with Gasteiger partial charge in [-0.25, -0.2) is 0 Å². The first-order valence-corrected chi connectivity index (χ1v) is 5.06. The second-order valence-corrected chi connectivity index (χ2v) is 3.37. The molecule has 0 saturated carbocycles. The number of unbranched alkanes of at least 4 members (excludes halogenated alkanes) is 1. The molecule has 1 aromatic carbocycles. The molecule has 0 N–H and O–H groups in total. The minimum atomic E-state index is 0.596. The fraction of sp³-hybridized carbons (Fsp3) is 0.273. The van der Waals surface area contributed by atoms with Crippen LogP contribution in [0.5, 0.6) is 0 Å². The zero-order valence-electron chi connectivity index (χ0n) is 8.63. The van der Waals surface area contributed by atoms with Gasteiger partial charge in [-0.1, -0.05) is 25.5 Å². The van der Waals surface area contributed by atoms with E-state index in [1.165, 1.54) is 0 Å². The molecule has 15 heavy (non-hydrogen) atoms. The van der Waals surface area contributed by atoms with E-state index < -0.39 is 0 Å². The van der Waals surface area contributed by atoms with E-state index in [0.29, 0.717) is 10.4 Å². The van der Waals surface area contributed by atoms with E-state index in [1.54, 1.807) is 10.7 Å². The van der Waals surface area contributed by atoms with Crippen LogP contribution < -0.4 is 4.85 Å². The van der Waals surface area contributed by atoms with E-state index in [2.05, 4.69) is 12.1 Å². The quantitative estimate of drug-likeness (QED) is 0.565. The highest BCUT2D eigenvalue weighted by Crippen LogP contribution is 2.08. The van der Waals surface area contributed by atoms with Gasteiger partial charge in [0.1, 0.15) is 11.4 Å². The van der Waals surface area contributed by atoms with Crippen molar-refractivity contribution in [2.45, 2.75) is 19.8 Å². The molecule has 0 bridgehead atoms. The van der Waals surface area contributed by atoms with Crippen molar-refractivity contribution in [3.8, 4) is 0 Å². The van der Waals surface area contributed by atoms with Crippen LogP contribution in [0.3, 0.4) is 0 Å². The summed E-state index contributed by atoms with van der Waals surface area (Å²) in [5.41, 5.74) is 1.43. The first-order chi connectivity index (χ1) is 7.33. The summed E-state index contributed by atoms with van der Waals surface area (Å²) in [5.74, 6) is 0. The van der Waals surface area contributed by atoms with E-state index in [9.17, 15) is 5.21 Å². The third-order valence-electron chi connectivity index (χ3n) is 2.21. The maximum atomic E-state index is 11.4. The molecular weight excluding hydrogens is 190 g/mol. The molecule has 2 aromatic rings. The summed E-state index contributed by atoms with van der Waals surface area (Å²) < 4.78 is 1.61. The van der Waals surface area contributed by atoms with E-state index in [-0.39, 0.29) is 0 Å². The highest BCUT2D eigenvalue weighted by atomic mass is 16.5. The lowest BCUT2D eigenvalue weighted by Crippen LogP contribution is -2.28. The van der Waals surface area contributed by atoms with Crippen molar-refractivity contribution in [2.75, 3.05) is 0 Å². The van der Waals surface area contributed by atoms with Crippen LogP contribution in [0.4, 0.5) is 0 Å². The molecule has 0 aliphatic rings. The van der Waals surface area contributed by atoms with Gasteiger partial charge in [-0.2, -0.15) is 0 Å². The molecular formula is C11H13N3O. The number of para-hydroxylation sites is 2. The Hall–Kier alpha value is -1.84. The predicted octanol–water partition coefficient (Wildman–Crippen LogP) is 1.94. The highest BCUT2D eigenvalue weighted by Gasteiger charge is 2.09. The van der Waals surface area contributed by atoms with E-state index in [4.69, 9.17) is 0 Å². The zero-order valence-corrected chi connectivity index (χ0v) is 8.63. The van der Waals surface area contributed by atoms with Gasteiger partial charge < -0.3 is 5.21 Å². The molecule has 0 aliphatic carbocycles. The monoisotopic (exact) mass is 203 g/mol. The minimum absolute atomic E-state index is 0.596. The lowest BCUT2D eigenvalue weighted by Gasteiger charge is -1.89. The number of fused-ring (bicyclic) bond motifs is 1. The predicted molar refractivity (Wildman–Crippen MR) is 58.9 cm³/mol. The van der Waals surface area contributed by atoms with Crippen molar-refractivity contribution in [3.05, 3.63) is 35.5 Å². The second-order valence-electron chi connectivity index (χ2n) is 3.37. The van der Waals surface area contributed by atoms with Gasteiger partial charge in [0.05, 0.1) is 0 Å². The number of hydrogen-bond donors (Lipinski definition) is 0. The Labute approximate surface area is 88.0 Å². The SMILES string of the molecule is CCC/C=C/n1n[n+]([O-])c2ccccc21. The van der Waals surface area contributed by atoms with Crippen LogP contribution in [-0.4, -0.2) is 9.90 Å². The molecule has 0 atom stereocenters. The Kier molecular flexibility index (Phi) is 2.67. The zero-order chi connectivity index (χ0) is 10.7. The second kappa shape index (κ2) is 4.13. The first-order valence-electron chi connectivity index (χ1n) is 5.06. The molecule has 0 aliphatic heterocycles. The van der Waals surface area contributed by atoms with Gasteiger partial charge in [0, 0.05) is 0 Å². The molecule has 78 valence electrons. The topological polar surface area (TPSA) is 44.8 Å². The highest BCUT2D eigenvalue weighted by molar-refractivity contribution is 5.72. The van der Waals surface area contributed by atoms with Crippen LogP contribution in [0.1, 0.15) is 19.8 Å². The van der Waals surface area contributed by atoms with Crippen LogP contribution in [-0.2, 0) is 0 Å².